The molecule has 2 aliphatic heterocycles. The van der Waals surface area contributed by atoms with Crippen LogP contribution in [0.25, 0.3) is 11.3 Å². The van der Waals surface area contributed by atoms with Crippen LogP contribution in [0.5, 0.6) is 5.75 Å². The lowest BCUT2D eigenvalue weighted by Gasteiger charge is -2.36. The zero-order valence-electron chi connectivity index (χ0n) is 26.3. The molecule has 3 amide bonds. The number of amides is 3. The Morgan fingerprint density at radius 1 is 1.06 bits per heavy atom. The second kappa shape index (κ2) is 13.5. The minimum absolute atomic E-state index is 0.0280. The van der Waals surface area contributed by atoms with E-state index in [2.05, 4.69) is 21.7 Å². The van der Waals surface area contributed by atoms with Crippen LogP contribution < -0.4 is 25.1 Å². The Hall–Kier alpha value is -5.82. The number of carbonyl (C=O) groups excluding carboxylic acids is 3. The van der Waals surface area contributed by atoms with Gasteiger partial charge in [-0.05, 0) is 48.9 Å². The third kappa shape index (κ3) is 6.15. The summed E-state index contributed by atoms with van der Waals surface area (Å²) in [6.07, 6.45) is 1.26. The molecule has 3 N–H and O–H groups in total. The van der Waals surface area contributed by atoms with E-state index in [1.165, 1.54) is 16.8 Å². The maximum atomic E-state index is 13.8. The van der Waals surface area contributed by atoms with E-state index in [0.29, 0.717) is 73.2 Å². The summed E-state index contributed by atoms with van der Waals surface area (Å²) in [6, 6.07) is 18.6. The summed E-state index contributed by atoms with van der Waals surface area (Å²) in [5.74, 6) is -0.222. The highest BCUT2D eigenvalue weighted by atomic mass is 16.8. The number of hydrogen-bond donors (Lipinski definition) is 3. The van der Waals surface area contributed by atoms with Crippen LogP contribution in [0.2, 0.25) is 0 Å². The third-order valence-corrected chi connectivity index (χ3v) is 8.55. The molecule has 0 saturated carbocycles. The summed E-state index contributed by atoms with van der Waals surface area (Å²) in [6.45, 7) is 1.90. The van der Waals surface area contributed by atoms with E-state index in [1.807, 2.05) is 23.1 Å². The summed E-state index contributed by atoms with van der Waals surface area (Å²) in [7, 11) is 3.19. The molecule has 2 fully saturated rings. The van der Waals surface area contributed by atoms with Gasteiger partial charge >= 0.3 is 0 Å². The normalized spacial score (nSPS) is 15.3. The van der Waals surface area contributed by atoms with Crippen molar-refractivity contribution in [2.45, 2.75) is 12.8 Å². The Kier molecular flexibility index (Phi) is 9.04. The van der Waals surface area contributed by atoms with Crippen LogP contribution in [-0.2, 0) is 11.8 Å². The van der Waals surface area contributed by atoms with Gasteiger partial charge in [0.05, 0.1) is 18.4 Å². The first kappa shape index (κ1) is 32.1. The fourth-order valence-corrected chi connectivity index (χ4v) is 6.05. The number of rotatable bonds is 8. The molecule has 1 atom stereocenters. The SMILES string of the molecule is COc1ccccc1-c1nnn(C)c1C(=O)N1CCN(c2cc(NC(=O)c3ccc(N4CCCC4=O)cc3)c([NH+]([O-])O)cc2C#N)CC1. The van der Waals surface area contributed by atoms with E-state index in [9.17, 15) is 30.1 Å². The molecule has 6 rings (SSSR count). The zero-order valence-corrected chi connectivity index (χ0v) is 26.3. The lowest BCUT2D eigenvalue weighted by atomic mass is 10.1. The van der Waals surface area contributed by atoms with Crippen molar-refractivity contribution in [2.24, 2.45) is 7.05 Å². The first-order chi connectivity index (χ1) is 23.2. The molecule has 246 valence electrons. The predicted octanol–water partition coefficient (Wildman–Crippen LogP) is 2.11. The summed E-state index contributed by atoms with van der Waals surface area (Å²) in [5.41, 5.74) is 2.67. The number of methoxy groups -OCH3 is 1. The van der Waals surface area contributed by atoms with Crippen molar-refractivity contribution in [1.29, 1.82) is 5.26 Å². The van der Waals surface area contributed by atoms with Crippen LogP contribution in [0, 0.1) is 16.5 Å². The fraction of sp³-hybridized carbons (Fsp3) is 0.273. The highest BCUT2D eigenvalue weighted by Crippen LogP contribution is 2.33. The van der Waals surface area contributed by atoms with Gasteiger partial charge in [-0.25, -0.2) is 9.89 Å². The number of quaternary nitrogens is 1. The lowest BCUT2D eigenvalue weighted by molar-refractivity contribution is -0.990. The molecule has 48 heavy (non-hydrogen) atoms. The van der Waals surface area contributed by atoms with Gasteiger partial charge in [-0.2, -0.15) is 10.5 Å². The zero-order chi connectivity index (χ0) is 33.9. The van der Waals surface area contributed by atoms with Gasteiger partial charge in [0.25, 0.3) is 11.8 Å². The molecular formula is C33H33N9O6. The van der Waals surface area contributed by atoms with E-state index in [4.69, 9.17) is 4.74 Å². The number of anilines is 3. The molecule has 0 radical (unpaired) electrons. The van der Waals surface area contributed by atoms with Crippen LogP contribution in [0.15, 0.2) is 60.7 Å². The number of aryl methyl sites for hydroxylation is 1. The highest BCUT2D eigenvalue weighted by Gasteiger charge is 2.30. The van der Waals surface area contributed by atoms with Crippen molar-refractivity contribution in [3.8, 4) is 23.1 Å². The molecule has 4 aromatic rings. The van der Waals surface area contributed by atoms with E-state index < -0.39 is 11.1 Å². The number of nitriles is 1. The van der Waals surface area contributed by atoms with Gasteiger partial charge in [0.2, 0.25) is 5.91 Å². The quantitative estimate of drug-likeness (QED) is 0.239. The molecule has 0 aliphatic carbocycles. The number of hydrogen-bond acceptors (Lipinski definition) is 10. The number of piperazine rings is 1. The largest absolute Gasteiger partial charge is 0.595 e. The standard InChI is InChI=1S/C33H33N9O6/c1-38-31(30(36-37-38)24-6-3-4-7-28(24)48-2)33(45)40-16-14-39(15-17-40)26-19-25(27(42(46)47)18-22(26)20-34)35-32(44)21-9-11-23(12-10-21)41-13-5-8-29(41)43/h3-4,6-7,9-12,18-19,42,46H,5,8,13-17H2,1-2H3,(H,35,44). The predicted molar refractivity (Wildman–Crippen MR) is 174 cm³/mol. The number of nitrogens with one attached hydrogen (secondary N) is 2. The van der Waals surface area contributed by atoms with Gasteiger partial charge in [-0.1, -0.05) is 17.3 Å². The highest BCUT2D eigenvalue weighted by molar-refractivity contribution is 6.06. The maximum absolute atomic E-state index is 13.8. The first-order valence-corrected chi connectivity index (χ1v) is 15.3. The molecule has 0 bridgehead atoms. The lowest BCUT2D eigenvalue weighted by Crippen LogP contribution is -2.99. The van der Waals surface area contributed by atoms with Crippen LogP contribution in [-0.4, -0.2) is 82.7 Å². The minimum atomic E-state index is -1.30. The fourth-order valence-electron chi connectivity index (χ4n) is 6.05. The average molecular weight is 652 g/mol. The Bertz CT molecular complexity index is 1910. The second-order valence-corrected chi connectivity index (χ2v) is 11.4. The number of carbonyl (C=O) groups is 3. The first-order valence-electron chi connectivity index (χ1n) is 15.3. The summed E-state index contributed by atoms with van der Waals surface area (Å²) in [4.78, 5) is 44.3. The van der Waals surface area contributed by atoms with Crippen molar-refractivity contribution in [3.63, 3.8) is 0 Å². The van der Waals surface area contributed by atoms with Crippen molar-refractivity contribution < 1.29 is 29.6 Å². The molecule has 3 heterocycles. The van der Waals surface area contributed by atoms with Gasteiger partial charge in [0.1, 0.15) is 23.2 Å². The van der Waals surface area contributed by atoms with E-state index in [1.54, 1.807) is 54.3 Å². The molecular weight excluding hydrogens is 618 g/mol. The molecule has 2 aliphatic rings. The number of nitrogens with zero attached hydrogens (tertiary/aromatic N) is 7. The van der Waals surface area contributed by atoms with Crippen LogP contribution in [0.4, 0.5) is 22.7 Å². The molecule has 15 heteroatoms. The topological polar surface area (TPSA) is 184 Å². The van der Waals surface area contributed by atoms with E-state index in [0.717, 1.165) is 6.42 Å². The molecule has 2 saturated heterocycles. The van der Waals surface area contributed by atoms with Crippen LogP contribution in [0.3, 0.4) is 0 Å². The van der Waals surface area contributed by atoms with Gasteiger partial charge in [0, 0.05) is 69.1 Å². The van der Waals surface area contributed by atoms with Crippen molar-refractivity contribution in [3.05, 3.63) is 82.7 Å². The van der Waals surface area contributed by atoms with Gasteiger partial charge in [0.15, 0.2) is 11.4 Å². The summed E-state index contributed by atoms with van der Waals surface area (Å²) >= 11 is 0. The Labute approximate surface area is 275 Å². The Morgan fingerprint density at radius 3 is 2.44 bits per heavy atom. The van der Waals surface area contributed by atoms with Gasteiger partial charge < -0.3 is 30.0 Å². The number of aromatic nitrogens is 3. The van der Waals surface area contributed by atoms with Crippen molar-refractivity contribution in [1.82, 2.24) is 19.9 Å². The molecule has 1 unspecified atom stereocenters. The van der Waals surface area contributed by atoms with Crippen LogP contribution in [0.1, 0.15) is 39.3 Å². The Balaban J connectivity index is 1.20. The summed E-state index contributed by atoms with van der Waals surface area (Å²) < 4.78 is 6.91. The third-order valence-electron chi connectivity index (χ3n) is 8.55. The molecule has 1 aromatic heterocycles. The summed E-state index contributed by atoms with van der Waals surface area (Å²) in [5, 5.41) is 41.8. The number of ether oxygens (including phenoxy) is 1. The number of benzene rings is 3. The van der Waals surface area contributed by atoms with E-state index >= 15 is 0 Å². The monoisotopic (exact) mass is 651 g/mol. The van der Waals surface area contributed by atoms with Gasteiger partial charge in [-0.15, -0.1) is 5.10 Å². The maximum Gasteiger partial charge on any atom is 0.274 e. The van der Waals surface area contributed by atoms with Crippen LogP contribution >= 0.6 is 0 Å². The minimum Gasteiger partial charge on any atom is -0.595 e. The number of para-hydroxylation sites is 1. The van der Waals surface area contributed by atoms with Gasteiger partial charge in [-0.3, -0.25) is 14.4 Å². The second-order valence-electron chi connectivity index (χ2n) is 11.4. The molecule has 0 spiro atoms. The molecule has 15 nitrogen and oxygen atoms in total. The Morgan fingerprint density at radius 2 is 1.79 bits per heavy atom. The molecule has 3 aromatic carbocycles. The van der Waals surface area contributed by atoms with E-state index in [-0.39, 0.29) is 34.3 Å². The smallest absolute Gasteiger partial charge is 0.274 e. The average Bonchev–Trinajstić information content (AvgIpc) is 3.72. The van der Waals surface area contributed by atoms with Crippen molar-refractivity contribution >= 4 is 40.5 Å². The van der Waals surface area contributed by atoms with Crippen molar-refractivity contribution in [2.75, 3.05) is 55.0 Å².